The normalized spacial score (nSPS) is 15.0. The highest BCUT2D eigenvalue weighted by Gasteiger charge is 2.68. The minimum absolute atomic E-state index is 0.0340. The third-order valence-corrected chi connectivity index (χ3v) is 4.54. The molecular formula is C15H11F9S. The van der Waals surface area contributed by atoms with Gasteiger partial charge in [0.2, 0.25) is 0 Å². The van der Waals surface area contributed by atoms with Crippen molar-refractivity contribution in [1.82, 2.24) is 0 Å². The topological polar surface area (TPSA) is 0 Å². The summed E-state index contributed by atoms with van der Waals surface area (Å²) in [7, 11) is -10.6. The van der Waals surface area contributed by atoms with Crippen LogP contribution in [-0.2, 0) is 6.42 Å². The van der Waals surface area contributed by atoms with E-state index in [1.165, 1.54) is 0 Å². The van der Waals surface area contributed by atoms with Crippen molar-refractivity contribution in [2.45, 2.75) is 24.7 Å². The first-order valence-electron chi connectivity index (χ1n) is 6.86. The predicted molar refractivity (Wildman–Crippen MR) is 77.1 cm³/mol. The second kappa shape index (κ2) is 5.33. The number of halogens is 9. The van der Waals surface area contributed by atoms with Crippen molar-refractivity contribution in [2.24, 2.45) is 0 Å². The van der Waals surface area contributed by atoms with Crippen molar-refractivity contribution < 1.29 is 37.0 Å². The van der Waals surface area contributed by atoms with E-state index in [9.17, 15) is 37.0 Å². The van der Waals surface area contributed by atoms with Crippen LogP contribution in [0.2, 0.25) is 0 Å². The highest BCUT2D eigenvalue weighted by molar-refractivity contribution is 8.45. The van der Waals surface area contributed by atoms with Gasteiger partial charge in [-0.3, -0.25) is 0 Å². The number of hydrogen-bond acceptors (Lipinski definition) is 0. The van der Waals surface area contributed by atoms with Crippen molar-refractivity contribution in [3.05, 3.63) is 53.1 Å². The largest absolute Gasteiger partial charge is 0.315 e. The predicted octanol–water partition coefficient (Wildman–Crippen LogP) is 7.52. The monoisotopic (exact) mass is 394 g/mol. The first kappa shape index (κ1) is 19.5. The van der Waals surface area contributed by atoms with Crippen LogP contribution in [0, 0.1) is 23.3 Å². The van der Waals surface area contributed by atoms with Crippen molar-refractivity contribution in [2.75, 3.05) is 0 Å². The second-order valence-corrected chi connectivity index (χ2v) is 7.73. The van der Waals surface area contributed by atoms with Crippen LogP contribution in [0.15, 0.2) is 29.2 Å². The van der Waals surface area contributed by atoms with Crippen LogP contribution >= 0.6 is 10.2 Å². The average molecular weight is 394 g/mol. The fourth-order valence-electron chi connectivity index (χ4n) is 2.36. The Bertz CT molecular complexity index is 818. The van der Waals surface area contributed by atoms with Gasteiger partial charge in [-0.1, -0.05) is 44.9 Å². The number of rotatable bonds is 4. The molecule has 0 amide bonds. The molecule has 0 atom stereocenters. The molecule has 2 rings (SSSR count). The molecule has 0 spiro atoms. The van der Waals surface area contributed by atoms with Crippen LogP contribution in [0.1, 0.15) is 18.9 Å². The standard InChI is InChI=1S/C15H11F9S/c1-2-3-8-4-5-10(14(19)13(8)18)9-6-11(16)15(12(17)7-9)25(20,21,22,23)24/h4-7H,2-3H2,1H3. The van der Waals surface area contributed by atoms with E-state index >= 15 is 0 Å². The summed E-state index contributed by atoms with van der Waals surface area (Å²) in [5.74, 6) is -8.07. The molecule has 0 saturated heterocycles. The van der Waals surface area contributed by atoms with Crippen LogP contribution in [0.3, 0.4) is 0 Å². The van der Waals surface area contributed by atoms with Crippen molar-refractivity contribution in [3.63, 3.8) is 0 Å². The molecular weight excluding hydrogens is 383 g/mol. The van der Waals surface area contributed by atoms with E-state index in [4.69, 9.17) is 0 Å². The van der Waals surface area contributed by atoms with Crippen LogP contribution in [0.5, 0.6) is 0 Å². The van der Waals surface area contributed by atoms with E-state index < -0.39 is 49.5 Å². The van der Waals surface area contributed by atoms with Gasteiger partial charge in [0.15, 0.2) is 16.5 Å². The summed E-state index contributed by atoms with van der Waals surface area (Å²) in [6.07, 6.45) is 0.631. The Morgan fingerprint density at radius 3 is 1.76 bits per heavy atom. The molecule has 0 N–H and O–H groups in total. The van der Waals surface area contributed by atoms with E-state index in [-0.39, 0.29) is 24.1 Å². The van der Waals surface area contributed by atoms with Gasteiger partial charge >= 0.3 is 10.2 Å². The van der Waals surface area contributed by atoms with Crippen LogP contribution < -0.4 is 0 Å². The average Bonchev–Trinajstić information content (AvgIpc) is 2.40. The molecule has 10 heteroatoms. The summed E-state index contributed by atoms with van der Waals surface area (Å²) < 4.78 is 118. The van der Waals surface area contributed by atoms with E-state index in [1.54, 1.807) is 6.92 Å². The Balaban J connectivity index is 2.67. The van der Waals surface area contributed by atoms with Crippen LogP contribution in [0.25, 0.3) is 11.1 Å². The van der Waals surface area contributed by atoms with Crippen LogP contribution in [0.4, 0.5) is 37.0 Å². The van der Waals surface area contributed by atoms with Gasteiger partial charge < -0.3 is 0 Å². The molecule has 0 aliphatic heterocycles. The second-order valence-electron chi connectivity index (χ2n) is 5.39. The number of benzene rings is 2. The molecule has 0 nitrogen and oxygen atoms in total. The van der Waals surface area contributed by atoms with Gasteiger partial charge in [0.25, 0.3) is 0 Å². The summed E-state index contributed by atoms with van der Waals surface area (Å²) in [5, 5.41) is 0. The fourth-order valence-corrected chi connectivity index (χ4v) is 3.21. The van der Waals surface area contributed by atoms with Gasteiger partial charge in [-0.15, -0.1) is 0 Å². The first-order chi connectivity index (χ1) is 11.2. The Kier molecular flexibility index (Phi) is 4.15. The zero-order chi connectivity index (χ0) is 19.3. The quantitative estimate of drug-likeness (QED) is 0.471. The number of hydrogen-bond donors (Lipinski definition) is 0. The van der Waals surface area contributed by atoms with Crippen molar-refractivity contribution in [3.8, 4) is 11.1 Å². The zero-order valence-corrected chi connectivity index (χ0v) is 13.4. The van der Waals surface area contributed by atoms with E-state index in [1.807, 2.05) is 0 Å². The zero-order valence-electron chi connectivity index (χ0n) is 12.5. The summed E-state index contributed by atoms with van der Waals surface area (Å²) in [6.45, 7) is 1.69. The maximum absolute atomic E-state index is 14.0. The van der Waals surface area contributed by atoms with Crippen molar-refractivity contribution in [1.29, 1.82) is 0 Å². The fraction of sp³-hybridized carbons (Fsp3) is 0.200. The lowest BCUT2D eigenvalue weighted by atomic mass is 10.0. The van der Waals surface area contributed by atoms with E-state index in [0.29, 0.717) is 6.42 Å². The Morgan fingerprint density at radius 1 is 0.800 bits per heavy atom. The van der Waals surface area contributed by atoms with Gasteiger partial charge in [0.1, 0.15) is 11.6 Å². The third kappa shape index (κ3) is 3.88. The van der Waals surface area contributed by atoms with Gasteiger partial charge in [-0.25, -0.2) is 17.6 Å². The molecule has 140 valence electrons. The molecule has 25 heavy (non-hydrogen) atoms. The molecule has 0 bridgehead atoms. The molecule has 2 aromatic carbocycles. The molecule has 2 aromatic rings. The summed E-state index contributed by atoms with van der Waals surface area (Å²) in [5.41, 5.74) is -1.61. The number of aryl methyl sites for hydroxylation is 1. The highest BCUT2D eigenvalue weighted by atomic mass is 32.5. The molecule has 0 fully saturated rings. The Morgan fingerprint density at radius 2 is 1.32 bits per heavy atom. The minimum Gasteiger partial charge on any atom is -0.205 e. The molecule has 0 aromatic heterocycles. The smallest absolute Gasteiger partial charge is 0.205 e. The first-order valence-corrected chi connectivity index (χ1v) is 8.81. The van der Waals surface area contributed by atoms with Crippen molar-refractivity contribution >= 4 is 10.2 Å². The lowest BCUT2D eigenvalue weighted by Crippen LogP contribution is -2.11. The Labute approximate surface area is 137 Å². The minimum atomic E-state index is -10.6. The third-order valence-electron chi connectivity index (χ3n) is 3.38. The summed E-state index contributed by atoms with van der Waals surface area (Å²) >= 11 is 0. The molecule has 0 aliphatic rings. The lowest BCUT2D eigenvalue weighted by molar-refractivity contribution is 0.345. The molecule has 0 radical (unpaired) electrons. The highest BCUT2D eigenvalue weighted by Crippen LogP contribution is 3.02. The van der Waals surface area contributed by atoms with Gasteiger partial charge in [0, 0.05) is 5.56 Å². The SMILES string of the molecule is CCCc1ccc(-c2cc(F)c(S(F)(F)(F)(F)F)c(F)c2)c(F)c1F. The summed E-state index contributed by atoms with van der Waals surface area (Å²) in [6, 6.07) is 1.81. The molecule has 0 heterocycles. The lowest BCUT2D eigenvalue weighted by Gasteiger charge is -2.40. The van der Waals surface area contributed by atoms with Crippen LogP contribution in [-0.4, -0.2) is 0 Å². The van der Waals surface area contributed by atoms with Gasteiger partial charge in [-0.2, -0.15) is 0 Å². The maximum Gasteiger partial charge on any atom is 0.315 e. The molecule has 0 saturated carbocycles. The van der Waals surface area contributed by atoms with Gasteiger partial charge in [-0.05, 0) is 29.7 Å². The Hall–Kier alpha value is -1.84. The molecule has 0 unspecified atom stereocenters. The molecule has 0 aliphatic carbocycles. The van der Waals surface area contributed by atoms with E-state index in [0.717, 1.165) is 12.1 Å². The van der Waals surface area contributed by atoms with E-state index in [2.05, 4.69) is 0 Å². The maximum atomic E-state index is 14.0. The van der Waals surface area contributed by atoms with Gasteiger partial charge in [0.05, 0.1) is 0 Å². The summed E-state index contributed by atoms with van der Waals surface area (Å²) in [4.78, 5) is -3.31.